The van der Waals surface area contributed by atoms with E-state index in [0.717, 1.165) is 46.6 Å². The molecule has 1 N–H and O–H groups in total. The highest BCUT2D eigenvalue weighted by Gasteiger charge is 2.22. The van der Waals surface area contributed by atoms with E-state index in [0.29, 0.717) is 5.76 Å². The molecule has 0 radical (unpaired) electrons. The van der Waals surface area contributed by atoms with Gasteiger partial charge in [0.1, 0.15) is 11.8 Å². The van der Waals surface area contributed by atoms with Gasteiger partial charge in [0, 0.05) is 29.1 Å². The van der Waals surface area contributed by atoms with Gasteiger partial charge in [0.2, 0.25) is 0 Å². The van der Waals surface area contributed by atoms with Crippen LogP contribution in [-0.2, 0) is 13.0 Å². The molecule has 0 spiro atoms. The molecule has 18 heavy (non-hydrogen) atoms. The molecule has 1 aliphatic rings. The number of hydrogen-bond acceptors (Lipinski definition) is 4. The maximum Gasteiger partial charge on any atom is 0.154 e. The van der Waals surface area contributed by atoms with Crippen LogP contribution < -0.4 is 0 Å². The number of likely N-dealkylation sites (N-methyl/N-ethyl adjacent to an activating group) is 1. The van der Waals surface area contributed by atoms with E-state index in [4.69, 9.17) is 21.2 Å². The predicted octanol–water partition coefficient (Wildman–Crippen LogP) is 2.88. The van der Waals surface area contributed by atoms with Crippen LogP contribution in [0, 0.1) is 0 Å². The molecule has 0 saturated heterocycles. The van der Waals surface area contributed by atoms with Crippen molar-refractivity contribution in [2.45, 2.75) is 13.0 Å². The first-order valence-electron chi connectivity index (χ1n) is 5.79. The van der Waals surface area contributed by atoms with Crippen molar-refractivity contribution in [3.63, 3.8) is 0 Å². The Hall–Kier alpha value is -1.52. The van der Waals surface area contributed by atoms with Gasteiger partial charge in [0.05, 0.1) is 0 Å². The first-order valence-corrected chi connectivity index (χ1v) is 6.17. The van der Waals surface area contributed by atoms with E-state index in [2.05, 4.69) is 17.1 Å². The number of furan rings is 1. The molecule has 1 aliphatic heterocycles. The molecule has 2 aromatic rings. The molecule has 0 saturated carbocycles. The molecular formula is C13H13ClN2O2. The Morgan fingerprint density at radius 2 is 2.28 bits per heavy atom. The summed E-state index contributed by atoms with van der Waals surface area (Å²) in [5.41, 5.74) is 2.96. The van der Waals surface area contributed by atoms with Crippen molar-refractivity contribution in [3.05, 3.63) is 34.0 Å². The molecule has 4 nitrogen and oxygen atoms in total. The summed E-state index contributed by atoms with van der Waals surface area (Å²) in [6, 6.07) is 3.72. The summed E-state index contributed by atoms with van der Waals surface area (Å²) in [4.78, 5) is 2.20. The quantitative estimate of drug-likeness (QED) is 0.489. The summed E-state index contributed by atoms with van der Waals surface area (Å²) >= 11 is 6.27. The largest absolute Gasteiger partial charge is 0.455 e. The Labute approximate surface area is 109 Å². The molecule has 0 aliphatic carbocycles. The fourth-order valence-electron chi connectivity index (χ4n) is 2.53. The molecule has 3 rings (SSSR count). The first-order chi connectivity index (χ1) is 8.70. The molecule has 5 heteroatoms. The van der Waals surface area contributed by atoms with Crippen molar-refractivity contribution in [2.24, 2.45) is 5.16 Å². The fraction of sp³-hybridized carbons (Fsp3) is 0.308. The standard InChI is InChI=1S/C13H13ClN2O2/c1-16-5-4-8-10(14)2-3-11-13(8)9(7-16)12(18-11)6-15-17/h2-3,6,17H,4-5,7H2,1H3. The Morgan fingerprint density at radius 1 is 1.44 bits per heavy atom. The fourth-order valence-corrected chi connectivity index (χ4v) is 2.78. The highest BCUT2D eigenvalue weighted by molar-refractivity contribution is 6.32. The van der Waals surface area contributed by atoms with Gasteiger partial charge < -0.3 is 14.5 Å². The van der Waals surface area contributed by atoms with Crippen molar-refractivity contribution >= 4 is 28.8 Å². The normalized spacial score (nSPS) is 16.6. The highest BCUT2D eigenvalue weighted by Crippen LogP contribution is 2.35. The number of hydrogen-bond donors (Lipinski definition) is 1. The first kappa shape index (κ1) is 11.6. The van der Waals surface area contributed by atoms with E-state index >= 15 is 0 Å². The second-order valence-electron chi connectivity index (χ2n) is 4.58. The summed E-state index contributed by atoms with van der Waals surface area (Å²) in [7, 11) is 2.05. The minimum atomic E-state index is 0.602. The van der Waals surface area contributed by atoms with Crippen LogP contribution in [0.2, 0.25) is 5.02 Å². The summed E-state index contributed by atoms with van der Waals surface area (Å²) in [6.45, 7) is 1.71. The Balaban J connectivity index is 2.35. The molecule has 0 fully saturated rings. The maximum atomic E-state index is 8.71. The van der Waals surface area contributed by atoms with E-state index in [-0.39, 0.29) is 0 Å². The maximum absolute atomic E-state index is 8.71. The van der Waals surface area contributed by atoms with E-state index in [1.165, 1.54) is 6.21 Å². The molecule has 94 valence electrons. The molecule has 0 amide bonds. The van der Waals surface area contributed by atoms with Gasteiger partial charge in [0.15, 0.2) is 5.76 Å². The van der Waals surface area contributed by atoms with Gasteiger partial charge in [-0.05, 0) is 31.2 Å². The molecule has 2 heterocycles. The third-order valence-electron chi connectivity index (χ3n) is 3.38. The van der Waals surface area contributed by atoms with Crippen LogP contribution in [0.25, 0.3) is 11.0 Å². The lowest BCUT2D eigenvalue weighted by molar-refractivity contribution is 0.319. The summed E-state index contributed by atoms with van der Waals surface area (Å²) in [5, 5.41) is 13.6. The van der Waals surface area contributed by atoms with Crippen LogP contribution >= 0.6 is 11.6 Å². The summed E-state index contributed by atoms with van der Waals surface area (Å²) in [6.07, 6.45) is 2.24. The number of nitrogens with zero attached hydrogens (tertiary/aromatic N) is 2. The molecular weight excluding hydrogens is 252 g/mol. The molecule has 1 aromatic heterocycles. The van der Waals surface area contributed by atoms with Gasteiger partial charge in [-0.3, -0.25) is 0 Å². The zero-order valence-corrected chi connectivity index (χ0v) is 10.7. The minimum Gasteiger partial charge on any atom is -0.455 e. The number of benzene rings is 1. The predicted molar refractivity (Wildman–Crippen MR) is 70.6 cm³/mol. The number of rotatable bonds is 1. The second kappa shape index (κ2) is 4.30. The summed E-state index contributed by atoms with van der Waals surface area (Å²) in [5.74, 6) is 0.602. The molecule has 0 atom stereocenters. The smallest absolute Gasteiger partial charge is 0.154 e. The van der Waals surface area contributed by atoms with Crippen LogP contribution in [0.15, 0.2) is 21.7 Å². The van der Waals surface area contributed by atoms with Gasteiger partial charge in [-0.2, -0.15) is 0 Å². The van der Waals surface area contributed by atoms with Gasteiger partial charge in [-0.1, -0.05) is 16.8 Å². The average molecular weight is 265 g/mol. The van der Waals surface area contributed by atoms with Gasteiger partial charge >= 0.3 is 0 Å². The van der Waals surface area contributed by atoms with E-state index in [1.54, 1.807) is 0 Å². The molecule has 0 unspecified atom stereocenters. The lowest BCUT2D eigenvalue weighted by Crippen LogP contribution is -2.19. The number of halogens is 1. The highest BCUT2D eigenvalue weighted by atomic mass is 35.5. The third kappa shape index (κ3) is 1.69. The SMILES string of the molecule is CN1CCc2c(Cl)ccc3oc(C=NO)c(c23)C1. The van der Waals surface area contributed by atoms with Gasteiger partial charge in [-0.25, -0.2) is 0 Å². The van der Waals surface area contributed by atoms with Crippen molar-refractivity contribution in [1.29, 1.82) is 0 Å². The minimum absolute atomic E-state index is 0.602. The lowest BCUT2D eigenvalue weighted by Gasteiger charge is -2.12. The molecule has 1 aromatic carbocycles. The zero-order valence-electron chi connectivity index (χ0n) is 9.98. The topological polar surface area (TPSA) is 49.0 Å². The van der Waals surface area contributed by atoms with E-state index in [9.17, 15) is 0 Å². The van der Waals surface area contributed by atoms with Crippen molar-refractivity contribution in [1.82, 2.24) is 4.90 Å². The van der Waals surface area contributed by atoms with Crippen LogP contribution in [0.5, 0.6) is 0 Å². The Kier molecular flexibility index (Phi) is 2.76. The zero-order chi connectivity index (χ0) is 12.7. The van der Waals surface area contributed by atoms with Crippen molar-refractivity contribution in [3.8, 4) is 0 Å². The van der Waals surface area contributed by atoms with Crippen LogP contribution in [0.4, 0.5) is 0 Å². The summed E-state index contributed by atoms with van der Waals surface area (Å²) < 4.78 is 5.72. The lowest BCUT2D eigenvalue weighted by atomic mass is 10.0. The van der Waals surface area contributed by atoms with Gasteiger partial charge in [-0.15, -0.1) is 0 Å². The Morgan fingerprint density at radius 3 is 3.06 bits per heavy atom. The van der Waals surface area contributed by atoms with Gasteiger partial charge in [0.25, 0.3) is 0 Å². The molecule has 0 bridgehead atoms. The second-order valence-corrected chi connectivity index (χ2v) is 4.98. The van der Waals surface area contributed by atoms with Crippen LogP contribution in [0.3, 0.4) is 0 Å². The van der Waals surface area contributed by atoms with Crippen LogP contribution in [0.1, 0.15) is 16.9 Å². The average Bonchev–Trinajstić information content (AvgIpc) is 2.56. The number of oxime groups is 1. The Bertz CT molecular complexity index is 633. The van der Waals surface area contributed by atoms with Crippen LogP contribution in [-0.4, -0.2) is 29.9 Å². The van der Waals surface area contributed by atoms with Crippen molar-refractivity contribution < 1.29 is 9.62 Å². The van der Waals surface area contributed by atoms with Crippen molar-refractivity contribution in [2.75, 3.05) is 13.6 Å². The van der Waals surface area contributed by atoms with E-state index in [1.807, 2.05) is 12.1 Å². The monoisotopic (exact) mass is 264 g/mol. The third-order valence-corrected chi connectivity index (χ3v) is 3.74. The van der Waals surface area contributed by atoms with E-state index < -0.39 is 0 Å².